The lowest BCUT2D eigenvalue weighted by atomic mass is 9.96. The Bertz CT molecular complexity index is 1150. The number of amides is 1. The van der Waals surface area contributed by atoms with Gasteiger partial charge >= 0.3 is 0 Å². The van der Waals surface area contributed by atoms with Crippen LogP contribution in [0, 0.1) is 0 Å². The summed E-state index contributed by atoms with van der Waals surface area (Å²) in [5.74, 6) is -0.614. The molecule has 1 fully saturated rings. The zero-order valence-electron chi connectivity index (χ0n) is 19.1. The van der Waals surface area contributed by atoms with Gasteiger partial charge in [0.05, 0.1) is 12.2 Å². The van der Waals surface area contributed by atoms with Gasteiger partial charge < -0.3 is 34.7 Å². The largest absolute Gasteiger partial charge is 0.394 e. The summed E-state index contributed by atoms with van der Waals surface area (Å²) in [6.45, 7) is -0.529. The molecule has 0 aromatic heterocycles. The number of rotatable bonds is 7. The molecule has 4 N–H and O–H groups in total. The van der Waals surface area contributed by atoms with Gasteiger partial charge in [0.15, 0.2) is 13.4 Å². The Morgan fingerprint density at radius 2 is 1.46 bits per heavy atom. The molecule has 1 saturated heterocycles. The third-order valence-electron chi connectivity index (χ3n) is 6.14. The Morgan fingerprint density at radius 3 is 2.00 bits per heavy atom. The Morgan fingerprint density at radius 1 is 0.914 bits per heavy atom. The molecule has 0 spiro atoms. The van der Waals surface area contributed by atoms with Gasteiger partial charge in [-0.3, -0.25) is 4.79 Å². The third kappa shape index (κ3) is 4.82. The quantitative estimate of drug-likeness (QED) is 0.351. The van der Waals surface area contributed by atoms with E-state index in [1.165, 1.54) is 7.11 Å². The highest BCUT2D eigenvalue weighted by molar-refractivity contribution is 7.85. The third-order valence-corrected chi connectivity index (χ3v) is 9.26. The molecule has 1 aliphatic rings. The number of hydrogen-bond donors (Lipinski definition) is 4. The molecule has 0 bridgehead atoms. The summed E-state index contributed by atoms with van der Waals surface area (Å²) in [6.07, 6.45) is -5.08. The van der Waals surface area contributed by atoms with E-state index in [1.807, 2.05) is 12.1 Å². The van der Waals surface area contributed by atoms with Crippen LogP contribution in [0.3, 0.4) is 0 Å². The number of carbonyl (C=O) groups is 1. The number of ether oxygens (including phenoxy) is 2. The van der Waals surface area contributed by atoms with Crippen LogP contribution in [0.25, 0.3) is 0 Å². The summed E-state index contributed by atoms with van der Waals surface area (Å²) < 4.78 is 25.6. The maximum Gasteiger partial charge on any atom is 0.252 e. The molecule has 35 heavy (non-hydrogen) atoms. The first-order valence-electron chi connectivity index (χ1n) is 11.2. The highest BCUT2D eigenvalue weighted by Gasteiger charge is 2.45. The molecule has 0 saturated carbocycles. The van der Waals surface area contributed by atoms with Crippen molar-refractivity contribution >= 4 is 29.0 Å². The lowest BCUT2D eigenvalue weighted by Gasteiger charge is -2.41. The average Bonchev–Trinajstić information content (AvgIpc) is 2.92. The molecule has 0 aliphatic carbocycles. The Balaban J connectivity index is 1.76. The molecule has 0 radical (unpaired) electrons. The van der Waals surface area contributed by atoms with E-state index in [-0.39, 0.29) is 5.56 Å². The number of hydrogen-bond acceptors (Lipinski definition) is 7. The molecular weight excluding hydrogens is 469 g/mol. The second kappa shape index (κ2) is 10.8. The maximum absolute atomic E-state index is 14.8. The fourth-order valence-electron chi connectivity index (χ4n) is 4.31. The maximum atomic E-state index is 14.8. The zero-order valence-corrected chi connectivity index (χ0v) is 20.0. The highest BCUT2D eigenvalue weighted by Crippen LogP contribution is 2.43. The van der Waals surface area contributed by atoms with Gasteiger partial charge in [-0.1, -0.05) is 78.9 Å². The van der Waals surface area contributed by atoms with E-state index >= 15 is 0 Å². The average molecular weight is 497 g/mol. The first-order valence-corrected chi connectivity index (χ1v) is 12.9. The van der Waals surface area contributed by atoms with Crippen LogP contribution in [-0.4, -0.2) is 65.6 Å². The zero-order chi connectivity index (χ0) is 25.0. The summed E-state index contributed by atoms with van der Waals surface area (Å²) >= 11 is 0. The predicted octanol–water partition coefficient (Wildman–Crippen LogP) is 0.510. The van der Waals surface area contributed by atoms with Crippen molar-refractivity contribution in [2.24, 2.45) is 0 Å². The van der Waals surface area contributed by atoms with Gasteiger partial charge in [-0.05, 0) is 6.07 Å². The summed E-state index contributed by atoms with van der Waals surface area (Å²) in [7, 11) is -2.12. The summed E-state index contributed by atoms with van der Waals surface area (Å²) in [5, 5.41) is 34.5. The second-order valence-electron chi connectivity index (χ2n) is 8.24. The number of aliphatic hydroxyl groups excluding tert-OH is 3. The van der Waals surface area contributed by atoms with Gasteiger partial charge in [0.1, 0.15) is 24.4 Å². The van der Waals surface area contributed by atoms with E-state index in [2.05, 4.69) is 5.32 Å². The molecule has 1 heterocycles. The monoisotopic (exact) mass is 497 g/mol. The van der Waals surface area contributed by atoms with Crippen LogP contribution in [0.1, 0.15) is 10.4 Å². The van der Waals surface area contributed by atoms with Crippen molar-refractivity contribution in [2.45, 2.75) is 30.6 Å². The fourth-order valence-corrected chi connectivity index (χ4v) is 7.16. The minimum Gasteiger partial charge on any atom is -0.394 e. The van der Waals surface area contributed by atoms with Gasteiger partial charge in [0.2, 0.25) is 0 Å². The van der Waals surface area contributed by atoms with Crippen molar-refractivity contribution in [2.75, 3.05) is 13.7 Å². The van der Waals surface area contributed by atoms with Crippen molar-refractivity contribution in [3.05, 3.63) is 90.5 Å². The number of aliphatic hydroxyl groups is 3. The van der Waals surface area contributed by atoms with Crippen molar-refractivity contribution in [3.8, 4) is 0 Å². The number of methoxy groups -OCH3 is 1. The van der Waals surface area contributed by atoms with E-state index in [0.717, 1.165) is 0 Å². The number of benzene rings is 3. The second-order valence-corrected chi connectivity index (χ2v) is 11.0. The lowest BCUT2D eigenvalue weighted by molar-refractivity contribution is -0.261. The van der Waals surface area contributed by atoms with E-state index in [9.17, 15) is 24.7 Å². The van der Waals surface area contributed by atoms with E-state index in [1.54, 1.807) is 72.8 Å². The summed E-state index contributed by atoms with van der Waals surface area (Å²) in [6, 6.07) is 23.4. The van der Waals surface area contributed by atoms with Crippen LogP contribution in [0.5, 0.6) is 0 Å². The van der Waals surface area contributed by atoms with Crippen LogP contribution in [0.4, 0.5) is 0 Å². The number of carbonyl (C=O) groups excluding carboxylic acids is 1. The van der Waals surface area contributed by atoms with E-state index in [4.69, 9.17) is 9.47 Å². The highest BCUT2D eigenvalue weighted by atomic mass is 31.2. The smallest absolute Gasteiger partial charge is 0.252 e. The van der Waals surface area contributed by atoms with Gasteiger partial charge in [-0.2, -0.15) is 0 Å². The summed E-state index contributed by atoms with van der Waals surface area (Å²) in [5.41, 5.74) is 0.157. The lowest BCUT2D eigenvalue weighted by Crippen LogP contribution is -2.64. The fraction of sp³-hybridized carbons (Fsp3) is 0.269. The molecule has 4 rings (SSSR count). The molecule has 3 aromatic rings. The first kappa shape index (κ1) is 25.3. The Kier molecular flexibility index (Phi) is 7.82. The summed E-state index contributed by atoms with van der Waals surface area (Å²) in [4.78, 5) is 13.5. The molecule has 9 heteroatoms. The van der Waals surface area contributed by atoms with Crippen molar-refractivity contribution in [1.82, 2.24) is 5.32 Å². The van der Waals surface area contributed by atoms with Crippen molar-refractivity contribution in [3.63, 3.8) is 0 Å². The molecule has 1 amide bonds. The van der Waals surface area contributed by atoms with Crippen molar-refractivity contribution in [1.29, 1.82) is 0 Å². The van der Waals surface area contributed by atoms with Crippen LogP contribution < -0.4 is 21.2 Å². The van der Waals surface area contributed by atoms with E-state index in [0.29, 0.717) is 15.9 Å². The topological polar surface area (TPSA) is 125 Å². The molecular formula is C26H28NO7P. The van der Waals surface area contributed by atoms with Crippen molar-refractivity contribution < 1.29 is 34.2 Å². The van der Waals surface area contributed by atoms with Gasteiger partial charge in [0, 0.05) is 23.0 Å². The molecule has 5 atom stereocenters. The standard InChI is InChI=1S/C26H28NO7P/c1-33-26-22(24(30)23(29)20(16-28)34-26)27-25(31)19-14-8-9-15-21(19)35(32,17-10-4-2-5-11-17)18-12-6-3-7-13-18/h2-15,20,22-24,26,28-30H,16H2,1H3,(H,27,31)/t20?,22?,23-,24+,26+/m0/s1. The molecule has 8 nitrogen and oxygen atoms in total. The normalized spacial score (nSPS) is 24.6. The van der Waals surface area contributed by atoms with Crippen LogP contribution in [-0.2, 0) is 14.0 Å². The molecule has 1 aliphatic heterocycles. The van der Waals surface area contributed by atoms with Crippen LogP contribution in [0.15, 0.2) is 84.9 Å². The van der Waals surface area contributed by atoms with E-state index < -0.39 is 50.3 Å². The Labute approximate surface area is 203 Å². The van der Waals surface area contributed by atoms with Crippen LogP contribution >= 0.6 is 7.14 Å². The molecule has 2 unspecified atom stereocenters. The van der Waals surface area contributed by atoms with Gasteiger partial charge in [0.25, 0.3) is 5.91 Å². The minimum absolute atomic E-state index is 0.157. The molecule has 3 aromatic carbocycles. The first-order chi connectivity index (χ1) is 16.9. The predicted molar refractivity (Wildman–Crippen MR) is 132 cm³/mol. The SMILES string of the molecule is CO[C@@H]1OC(CO)[C@H](O)[C@H](O)C1NC(=O)c1ccccc1P(=O)(c1ccccc1)c1ccccc1. The Hall–Kier alpha value is -2.84. The number of nitrogens with one attached hydrogen (secondary N) is 1. The van der Waals surface area contributed by atoms with Gasteiger partial charge in [-0.15, -0.1) is 0 Å². The van der Waals surface area contributed by atoms with Gasteiger partial charge in [-0.25, -0.2) is 0 Å². The van der Waals surface area contributed by atoms with Crippen LogP contribution in [0.2, 0.25) is 0 Å². The molecule has 184 valence electrons. The minimum atomic E-state index is -3.45.